The minimum absolute atomic E-state index is 0.0949. The first-order valence-electron chi connectivity index (χ1n) is 7.34. The third-order valence-corrected chi connectivity index (χ3v) is 3.49. The van der Waals surface area contributed by atoms with Gasteiger partial charge in [-0.2, -0.15) is 0 Å². The maximum Gasteiger partial charge on any atom is 0.170 e. The van der Waals surface area contributed by atoms with Gasteiger partial charge in [0.1, 0.15) is 0 Å². The number of Topliss-reactive ketones (excluding diaryl/α,β-unsaturated/α-hetero) is 2. The molecule has 114 valence electrons. The maximum atomic E-state index is 12.3. The normalized spacial score (nSPS) is 9.74. The molecule has 0 fully saturated rings. The Labute approximate surface area is 136 Å². The molecule has 0 aromatic heterocycles. The van der Waals surface area contributed by atoms with Crippen LogP contribution in [-0.2, 0) is 0 Å². The second-order valence-electron chi connectivity index (χ2n) is 4.95. The van der Waals surface area contributed by atoms with Gasteiger partial charge in [0.25, 0.3) is 0 Å². The Morgan fingerprint density at radius 1 is 0.652 bits per heavy atom. The lowest BCUT2D eigenvalue weighted by molar-refractivity contribution is 0.0894. The number of rotatable bonds is 4. The van der Waals surface area contributed by atoms with Crippen molar-refractivity contribution in [3.8, 4) is 0 Å². The van der Waals surface area contributed by atoms with Crippen LogP contribution in [0.15, 0.2) is 86.0 Å². The minimum Gasteiger partial charge on any atom is -0.294 e. The molecular weight excluding hydrogens is 284 g/mol. The molecule has 0 aliphatic carbocycles. The summed E-state index contributed by atoms with van der Waals surface area (Å²) in [4.78, 5) is 24.3. The first-order chi connectivity index (χ1) is 11.2. The molecule has 2 nitrogen and oxygen atoms in total. The van der Waals surface area contributed by atoms with E-state index >= 15 is 0 Å². The van der Waals surface area contributed by atoms with Crippen molar-refractivity contribution in [1.29, 1.82) is 0 Å². The highest BCUT2D eigenvalue weighted by atomic mass is 16.1. The number of ketones is 2. The Morgan fingerprint density at radius 3 is 1.91 bits per heavy atom. The molecule has 23 heavy (non-hydrogen) atoms. The predicted octanol–water partition coefficient (Wildman–Crippen LogP) is 5.10. The van der Waals surface area contributed by atoms with Crippen LogP contribution >= 0.6 is 0 Å². The summed E-state index contributed by atoms with van der Waals surface area (Å²) in [5, 5.41) is 2.10. The van der Waals surface area contributed by atoms with Gasteiger partial charge in [-0.3, -0.25) is 9.59 Å². The van der Waals surface area contributed by atoms with E-state index in [4.69, 9.17) is 0 Å². The summed E-state index contributed by atoms with van der Waals surface area (Å²) in [5.74, 6) is -0.289. The highest BCUT2D eigenvalue weighted by molar-refractivity contribution is 6.14. The van der Waals surface area contributed by atoms with Crippen molar-refractivity contribution in [1.82, 2.24) is 0 Å². The van der Waals surface area contributed by atoms with E-state index in [2.05, 4.69) is 13.2 Å². The second-order valence-corrected chi connectivity index (χ2v) is 4.95. The van der Waals surface area contributed by atoms with E-state index in [-0.39, 0.29) is 18.0 Å². The Kier molecular flexibility index (Phi) is 5.59. The largest absolute Gasteiger partial charge is 0.294 e. The summed E-state index contributed by atoms with van der Waals surface area (Å²) >= 11 is 0. The van der Waals surface area contributed by atoms with Gasteiger partial charge < -0.3 is 0 Å². The first kappa shape index (κ1) is 16.4. The molecule has 0 amide bonds. The van der Waals surface area contributed by atoms with Crippen LogP contribution in [0, 0.1) is 0 Å². The zero-order chi connectivity index (χ0) is 16.7. The molecule has 0 bridgehead atoms. The molecule has 0 aliphatic heterocycles. The van der Waals surface area contributed by atoms with Crippen molar-refractivity contribution in [3.63, 3.8) is 0 Å². The van der Waals surface area contributed by atoms with Crippen LogP contribution in [0.4, 0.5) is 0 Å². The van der Waals surface area contributed by atoms with Crippen LogP contribution in [0.1, 0.15) is 27.1 Å². The van der Waals surface area contributed by atoms with E-state index in [9.17, 15) is 9.59 Å². The van der Waals surface area contributed by atoms with Crippen LogP contribution in [0.25, 0.3) is 10.8 Å². The molecule has 0 N–H and O–H groups in total. The summed E-state index contributed by atoms with van der Waals surface area (Å²) < 4.78 is 0. The van der Waals surface area contributed by atoms with Gasteiger partial charge in [0.2, 0.25) is 0 Å². The first-order valence-corrected chi connectivity index (χ1v) is 7.34. The van der Waals surface area contributed by atoms with E-state index in [1.807, 2.05) is 42.5 Å². The van der Waals surface area contributed by atoms with Gasteiger partial charge in [0, 0.05) is 11.1 Å². The summed E-state index contributed by atoms with van der Waals surface area (Å²) in [6.45, 7) is 6.00. The fourth-order valence-electron chi connectivity index (χ4n) is 2.34. The molecule has 0 saturated heterocycles. The molecular formula is C21H18O2. The van der Waals surface area contributed by atoms with Crippen molar-refractivity contribution >= 4 is 22.3 Å². The van der Waals surface area contributed by atoms with E-state index < -0.39 is 0 Å². The second kappa shape index (κ2) is 7.85. The SMILES string of the molecule is C=C.O=C(CC(=O)c1ccc2ccccc2c1)c1ccccc1. The van der Waals surface area contributed by atoms with Crippen LogP contribution in [0.5, 0.6) is 0 Å². The van der Waals surface area contributed by atoms with E-state index in [1.165, 1.54) is 0 Å². The molecule has 0 unspecified atom stereocenters. The highest BCUT2D eigenvalue weighted by Crippen LogP contribution is 2.17. The Morgan fingerprint density at radius 2 is 1.22 bits per heavy atom. The average Bonchev–Trinajstić information content (AvgIpc) is 2.63. The van der Waals surface area contributed by atoms with Crippen LogP contribution in [-0.4, -0.2) is 11.6 Å². The Balaban J connectivity index is 0.000000924. The average molecular weight is 302 g/mol. The number of benzene rings is 3. The van der Waals surface area contributed by atoms with Gasteiger partial charge >= 0.3 is 0 Å². The van der Waals surface area contributed by atoms with Gasteiger partial charge in [0.05, 0.1) is 6.42 Å². The molecule has 3 aromatic rings. The number of carbonyl (C=O) groups is 2. The van der Waals surface area contributed by atoms with E-state index in [1.54, 1.807) is 30.3 Å². The fourth-order valence-corrected chi connectivity index (χ4v) is 2.34. The lowest BCUT2D eigenvalue weighted by atomic mass is 9.99. The number of carbonyl (C=O) groups excluding carboxylic acids is 2. The van der Waals surface area contributed by atoms with Crippen molar-refractivity contribution in [3.05, 3.63) is 97.1 Å². The summed E-state index contributed by atoms with van der Waals surface area (Å²) in [5.41, 5.74) is 1.16. The molecule has 0 spiro atoms. The van der Waals surface area contributed by atoms with Crippen LogP contribution in [0.2, 0.25) is 0 Å². The van der Waals surface area contributed by atoms with E-state index in [0.29, 0.717) is 11.1 Å². The van der Waals surface area contributed by atoms with Crippen molar-refractivity contribution < 1.29 is 9.59 Å². The molecule has 3 aromatic carbocycles. The lowest BCUT2D eigenvalue weighted by Gasteiger charge is -2.03. The highest BCUT2D eigenvalue weighted by Gasteiger charge is 2.13. The van der Waals surface area contributed by atoms with Gasteiger partial charge in [-0.15, -0.1) is 13.2 Å². The van der Waals surface area contributed by atoms with Crippen LogP contribution < -0.4 is 0 Å². The van der Waals surface area contributed by atoms with E-state index in [0.717, 1.165) is 10.8 Å². The Hall–Kier alpha value is -3.00. The third kappa shape index (κ3) is 4.01. The van der Waals surface area contributed by atoms with Gasteiger partial charge in [-0.25, -0.2) is 0 Å². The van der Waals surface area contributed by atoms with Gasteiger partial charge in [0.15, 0.2) is 11.6 Å². The van der Waals surface area contributed by atoms with Gasteiger partial charge in [-0.05, 0) is 16.8 Å². The standard InChI is InChI=1S/C19H14O2.C2H4/c20-18(15-7-2-1-3-8-15)13-19(21)17-11-10-14-6-4-5-9-16(14)12-17;1-2/h1-12H,13H2;1-2H2. The fraction of sp³-hybridized carbons (Fsp3) is 0.0476. The number of hydrogen-bond acceptors (Lipinski definition) is 2. The lowest BCUT2D eigenvalue weighted by Crippen LogP contribution is -2.08. The zero-order valence-electron chi connectivity index (χ0n) is 12.9. The minimum atomic E-state index is -0.145. The number of fused-ring (bicyclic) bond motifs is 1. The molecule has 0 atom stereocenters. The summed E-state index contributed by atoms with van der Waals surface area (Å²) in [7, 11) is 0. The molecule has 2 heteroatoms. The quantitative estimate of drug-likeness (QED) is 0.382. The summed E-state index contributed by atoms with van der Waals surface area (Å²) in [6, 6.07) is 22.3. The predicted molar refractivity (Wildman–Crippen MR) is 94.9 cm³/mol. The number of hydrogen-bond donors (Lipinski definition) is 0. The molecule has 0 aliphatic rings. The zero-order valence-corrected chi connectivity index (χ0v) is 12.9. The molecule has 0 saturated carbocycles. The Bertz CT molecular complexity index is 819. The summed E-state index contributed by atoms with van der Waals surface area (Å²) in [6.07, 6.45) is -0.0949. The topological polar surface area (TPSA) is 34.1 Å². The monoisotopic (exact) mass is 302 g/mol. The maximum absolute atomic E-state index is 12.3. The van der Waals surface area contributed by atoms with Gasteiger partial charge in [-0.1, -0.05) is 66.7 Å². The molecule has 0 radical (unpaired) electrons. The smallest absolute Gasteiger partial charge is 0.170 e. The molecule has 3 rings (SSSR count). The van der Waals surface area contributed by atoms with Crippen LogP contribution in [0.3, 0.4) is 0 Å². The van der Waals surface area contributed by atoms with Crippen molar-refractivity contribution in [2.75, 3.05) is 0 Å². The third-order valence-electron chi connectivity index (χ3n) is 3.49. The van der Waals surface area contributed by atoms with Crippen molar-refractivity contribution in [2.24, 2.45) is 0 Å². The molecule has 0 heterocycles. The van der Waals surface area contributed by atoms with Crippen molar-refractivity contribution in [2.45, 2.75) is 6.42 Å².